The molecule has 4 aromatic rings. The summed E-state index contributed by atoms with van der Waals surface area (Å²) in [6, 6.07) is 18.0. The first-order chi connectivity index (χ1) is 16.4. The summed E-state index contributed by atoms with van der Waals surface area (Å²) in [5.74, 6) is -0.214. The average molecular weight is 516 g/mol. The number of fused-ring (bicyclic) bond motifs is 1. The number of amides is 1. The van der Waals surface area contributed by atoms with Crippen LogP contribution >= 0.6 is 22.9 Å². The number of nitrogens with zero attached hydrogens (tertiary/aromatic N) is 4. The summed E-state index contributed by atoms with van der Waals surface area (Å²) >= 11 is 7.00. The molecule has 0 bridgehead atoms. The van der Waals surface area contributed by atoms with Gasteiger partial charge in [-0.2, -0.15) is 4.31 Å². The SMILES string of the molecule is O=C(Cc1ccc(S(=O)(=O)N2CCC(n3nnc4ccccc43)CC2)s1)Nc1ccc(Cl)cc1. The zero-order valence-corrected chi connectivity index (χ0v) is 20.5. The normalized spacial score (nSPS) is 15.6. The predicted molar refractivity (Wildman–Crippen MR) is 133 cm³/mol. The Labute approximate surface area is 206 Å². The molecule has 2 aromatic heterocycles. The smallest absolute Gasteiger partial charge is 0.252 e. The molecule has 2 aromatic carbocycles. The van der Waals surface area contributed by atoms with Crippen LogP contribution in [0.25, 0.3) is 11.0 Å². The number of carbonyl (C=O) groups excluding carboxylic acids is 1. The molecule has 176 valence electrons. The van der Waals surface area contributed by atoms with Gasteiger partial charge in [-0.3, -0.25) is 4.79 Å². The van der Waals surface area contributed by atoms with Gasteiger partial charge in [0.05, 0.1) is 18.0 Å². The summed E-state index contributed by atoms with van der Waals surface area (Å²) in [4.78, 5) is 13.0. The molecule has 0 atom stereocenters. The van der Waals surface area contributed by atoms with E-state index in [-0.39, 0.29) is 22.6 Å². The number of anilines is 1. The first kappa shape index (κ1) is 23.0. The number of aromatic nitrogens is 3. The third-order valence-corrected chi connectivity index (χ3v) is 9.54. The van der Waals surface area contributed by atoms with E-state index in [0.717, 1.165) is 22.4 Å². The van der Waals surface area contributed by atoms with Gasteiger partial charge in [0.2, 0.25) is 5.91 Å². The van der Waals surface area contributed by atoms with Crippen LogP contribution in [0.2, 0.25) is 5.02 Å². The number of benzene rings is 2. The molecule has 1 amide bonds. The van der Waals surface area contributed by atoms with Gasteiger partial charge in [0.15, 0.2) is 0 Å². The van der Waals surface area contributed by atoms with Gasteiger partial charge in [-0.1, -0.05) is 28.9 Å². The van der Waals surface area contributed by atoms with E-state index in [0.29, 0.717) is 41.5 Å². The fraction of sp³-hybridized carbons (Fsp3) is 0.261. The van der Waals surface area contributed by atoms with Gasteiger partial charge in [-0.25, -0.2) is 13.1 Å². The number of sulfonamides is 1. The number of para-hydroxylation sites is 1. The summed E-state index contributed by atoms with van der Waals surface area (Å²) < 4.78 is 30.1. The van der Waals surface area contributed by atoms with Gasteiger partial charge in [0, 0.05) is 28.7 Å². The second kappa shape index (κ2) is 9.46. The third-order valence-electron chi connectivity index (χ3n) is 5.84. The number of hydrogen-bond donors (Lipinski definition) is 1. The van der Waals surface area contributed by atoms with Crippen molar-refractivity contribution in [2.45, 2.75) is 29.5 Å². The van der Waals surface area contributed by atoms with Crippen LogP contribution < -0.4 is 5.32 Å². The minimum Gasteiger partial charge on any atom is -0.326 e. The zero-order chi connectivity index (χ0) is 23.7. The molecule has 0 radical (unpaired) electrons. The number of nitrogens with one attached hydrogen (secondary N) is 1. The lowest BCUT2D eigenvalue weighted by Gasteiger charge is -2.30. The molecule has 1 fully saturated rings. The molecule has 5 rings (SSSR count). The van der Waals surface area contributed by atoms with Crippen LogP contribution in [0.3, 0.4) is 0 Å². The number of thiophene rings is 1. The molecule has 1 aliphatic rings. The molecule has 1 aliphatic heterocycles. The number of carbonyl (C=O) groups is 1. The van der Waals surface area contributed by atoms with Crippen LogP contribution in [0.4, 0.5) is 5.69 Å². The molecule has 8 nitrogen and oxygen atoms in total. The van der Waals surface area contributed by atoms with Crippen molar-refractivity contribution in [1.82, 2.24) is 19.3 Å². The third kappa shape index (κ3) is 4.72. The Kier molecular flexibility index (Phi) is 6.39. The summed E-state index contributed by atoms with van der Waals surface area (Å²) in [6.07, 6.45) is 1.42. The lowest BCUT2D eigenvalue weighted by molar-refractivity contribution is -0.115. The van der Waals surface area contributed by atoms with Crippen molar-refractivity contribution in [3.8, 4) is 0 Å². The van der Waals surface area contributed by atoms with Crippen LogP contribution in [-0.4, -0.2) is 46.7 Å². The van der Waals surface area contributed by atoms with E-state index in [1.807, 2.05) is 28.9 Å². The van der Waals surface area contributed by atoms with Crippen molar-refractivity contribution in [1.29, 1.82) is 0 Å². The van der Waals surface area contributed by atoms with Crippen LogP contribution in [0.15, 0.2) is 64.9 Å². The van der Waals surface area contributed by atoms with Crippen LogP contribution in [0.5, 0.6) is 0 Å². The van der Waals surface area contributed by atoms with E-state index >= 15 is 0 Å². The van der Waals surface area contributed by atoms with Crippen LogP contribution in [0, 0.1) is 0 Å². The van der Waals surface area contributed by atoms with Gasteiger partial charge in [-0.15, -0.1) is 16.4 Å². The van der Waals surface area contributed by atoms with E-state index in [1.165, 1.54) is 4.31 Å². The first-order valence-corrected chi connectivity index (χ1v) is 13.5. The van der Waals surface area contributed by atoms with Crippen molar-refractivity contribution in [3.63, 3.8) is 0 Å². The summed E-state index contributed by atoms with van der Waals surface area (Å²) in [5.41, 5.74) is 2.44. The number of rotatable bonds is 6. The van der Waals surface area contributed by atoms with Gasteiger partial charge in [-0.05, 0) is 61.4 Å². The minimum atomic E-state index is -3.62. The molecule has 0 unspecified atom stereocenters. The Morgan fingerprint density at radius 1 is 1.06 bits per heavy atom. The number of halogens is 1. The van der Waals surface area contributed by atoms with E-state index in [4.69, 9.17) is 11.6 Å². The summed E-state index contributed by atoms with van der Waals surface area (Å²) in [5, 5.41) is 11.9. The Hall–Kier alpha value is -2.79. The minimum absolute atomic E-state index is 0.101. The lowest BCUT2D eigenvalue weighted by atomic mass is 10.1. The zero-order valence-electron chi connectivity index (χ0n) is 18.1. The lowest BCUT2D eigenvalue weighted by Crippen LogP contribution is -2.38. The molecule has 1 saturated heterocycles. The average Bonchev–Trinajstić information content (AvgIpc) is 3.48. The topological polar surface area (TPSA) is 97.2 Å². The Morgan fingerprint density at radius 2 is 1.79 bits per heavy atom. The molecule has 0 saturated carbocycles. The maximum Gasteiger partial charge on any atom is 0.252 e. The highest BCUT2D eigenvalue weighted by molar-refractivity contribution is 7.91. The molecular formula is C23H22ClN5O3S2. The van der Waals surface area contributed by atoms with Crippen molar-refractivity contribution < 1.29 is 13.2 Å². The molecule has 1 N–H and O–H groups in total. The van der Waals surface area contributed by atoms with Crippen molar-refractivity contribution >= 4 is 55.6 Å². The number of hydrogen-bond acceptors (Lipinski definition) is 6. The predicted octanol–water partition coefficient (Wildman–Crippen LogP) is 4.35. The largest absolute Gasteiger partial charge is 0.326 e. The highest BCUT2D eigenvalue weighted by Gasteiger charge is 2.32. The van der Waals surface area contributed by atoms with Crippen LogP contribution in [0.1, 0.15) is 23.8 Å². The Balaban J connectivity index is 1.21. The van der Waals surface area contributed by atoms with Gasteiger partial charge in [0.25, 0.3) is 10.0 Å². The maximum atomic E-state index is 13.2. The second-order valence-electron chi connectivity index (χ2n) is 8.11. The second-order valence-corrected chi connectivity index (χ2v) is 11.9. The van der Waals surface area contributed by atoms with E-state index < -0.39 is 10.0 Å². The fourth-order valence-electron chi connectivity index (χ4n) is 4.10. The molecule has 34 heavy (non-hydrogen) atoms. The number of piperidine rings is 1. The van der Waals surface area contributed by atoms with E-state index in [1.54, 1.807) is 36.4 Å². The monoisotopic (exact) mass is 515 g/mol. The van der Waals surface area contributed by atoms with Crippen molar-refractivity contribution in [3.05, 3.63) is 70.6 Å². The van der Waals surface area contributed by atoms with Gasteiger partial charge >= 0.3 is 0 Å². The van der Waals surface area contributed by atoms with Crippen LogP contribution in [-0.2, 0) is 21.2 Å². The van der Waals surface area contributed by atoms with Gasteiger partial charge in [0.1, 0.15) is 9.73 Å². The summed E-state index contributed by atoms with van der Waals surface area (Å²) in [6.45, 7) is 0.816. The first-order valence-electron chi connectivity index (χ1n) is 10.8. The van der Waals surface area contributed by atoms with Gasteiger partial charge < -0.3 is 5.32 Å². The van der Waals surface area contributed by atoms with E-state index in [2.05, 4.69) is 15.6 Å². The molecule has 0 aliphatic carbocycles. The summed E-state index contributed by atoms with van der Waals surface area (Å²) in [7, 11) is -3.62. The van der Waals surface area contributed by atoms with Crippen molar-refractivity contribution in [2.75, 3.05) is 18.4 Å². The Bertz CT molecular complexity index is 1420. The quantitative estimate of drug-likeness (QED) is 0.411. The highest BCUT2D eigenvalue weighted by Crippen LogP contribution is 2.31. The highest BCUT2D eigenvalue weighted by atomic mass is 35.5. The standard InChI is InChI=1S/C23H22ClN5O3S2/c24-16-5-7-17(8-6-16)25-22(30)15-19-9-10-23(33-19)34(31,32)28-13-11-18(12-14-28)29-21-4-2-1-3-20(21)26-27-29/h1-10,18H,11-15H2,(H,25,30). The fourth-order valence-corrected chi connectivity index (χ4v) is 7.20. The molecular weight excluding hydrogens is 494 g/mol. The molecule has 11 heteroatoms. The maximum absolute atomic E-state index is 13.2. The molecule has 3 heterocycles. The van der Waals surface area contributed by atoms with E-state index in [9.17, 15) is 13.2 Å². The van der Waals surface area contributed by atoms with Crippen molar-refractivity contribution in [2.24, 2.45) is 0 Å². The Morgan fingerprint density at radius 3 is 2.56 bits per heavy atom. The molecule has 0 spiro atoms.